The van der Waals surface area contributed by atoms with Crippen molar-refractivity contribution < 1.29 is 13.7 Å². The third-order valence-corrected chi connectivity index (χ3v) is 6.82. The lowest BCUT2D eigenvalue weighted by Gasteiger charge is -2.33. The van der Waals surface area contributed by atoms with Gasteiger partial charge >= 0.3 is 0 Å². The first-order valence-electron chi connectivity index (χ1n) is 11.2. The van der Waals surface area contributed by atoms with Crippen LogP contribution in [0.25, 0.3) is 0 Å². The molecule has 1 unspecified atom stereocenters. The van der Waals surface area contributed by atoms with Gasteiger partial charge in [-0.3, -0.25) is 9.52 Å². The summed E-state index contributed by atoms with van der Waals surface area (Å²) in [4.78, 5) is 21.3. The minimum atomic E-state index is -1.58. The van der Waals surface area contributed by atoms with Crippen LogP contribution in [0.15, 0.2) is 64.1 Å². The third-order valence-electron chi connectivity index (χ3n) is 6.07. The molecule has 0 saturated carbocycles. The largest absolute Gasteiger partial charge is 0.492 e. The third kappa shape index (κ3) is 4.67. The van der Waals surface area contributed by atoms with Crippen molar-refractivity contribution in [3.05, 3.63) is 65.9 Å². The summed E-state index contributed by atoms with van der Waals surface area (Å²) in [6.45, 7) is 2.53. The number of nitrogens with two attached hydrogens (primary N) is 1. The van der Waals surface area contributed by atoms with E-state index in [-0.39, 0.29) is 17.7 Å². The highest BCUT2D eigenvalue weighted by molar-refractivity contribution is 7.85. The number of hydrogen-bond donors (Lipinski definition) is 2. The van der Waals surface area contributed by atoms with Gasteiger partial charge in [-0.1, -0.05) is 12.1 Å². The Balaban J connectivity index is 1.24. The second-order valence-electron chi connectivity index (χ2n) is 8.43. The number of aliphatic imine (C=N–C) groups is 1. The molecule has 3 aliphatic rings. The van der Waals surface area contributed by atoms with Gasteiger partial charge in [-0.25, -0.2) is 9.20 Å². The SMILES string of the molecule is NC1=NS(=O)Nc2cccc(OC[C@H]3CCCN(C(=O)c4cccc(N5C=NC=CC5)c4)C3)c21. The van der Waals surface area contributed by atoms with E-state index in [1.54, 1.807) is 18.6 Å². The summed E-state index contributed by atoms with van der Waals surface area (Å²) in [6.07, 6.45) is 7.40. The summed E-state index contributed by atoms with van der Waals surface area (Å²) in [5.41, 5.74) is 8.88. The summed E-state index contributed by atoms with van der Waals surface area (Å²) >= 11 is -1.58. The maximum absolute atomic E-state index is 13.3. The first-order valence-corrected chi connectivity index (χ1v) is 12.3. The molecule has 2 atom stereocenters. The zero-order valence-electron chi connectivity index (χ0n) is 18.6. The molecule has 1 saturated heterocycles. The molecule has 34 heavy (non-hydrogen) atoms. The van der Waals surface area contributed by atoms with Crippen molar-refractivity contribution in [2.24, 2.45) is 21.0 Å². The standard InChI is InChI=1S/C24H26N6O3S/c25-23-22-20(27-34(32)28-23)8-2-9-21(22)33-15-17-5-3-11-29(14-17)24(31)18-6-1-7-19(13-18)30-12-4-10-26-16-30/h1-2,4,6-10,13,16-17,27H,3,5,11-12,14-15H2,(H2,25,28)/t17-,34?/m0/s1. The number of nitrogens with one attached hydrogen (secondary N) is 1. The highest BCUT2D eigenvalue weighted by Gasteiger charge is 2.26. The highest BCUT2D eigenvalue weighted by atomic mass is 32.2. The van der Waals surface area contributed by atoms with E-state index in [0.29, 0.717) is 35.7 Å². The molecule has 2 aromatic carbocycles. The predicted molar refractivity (Wildman–Crippen MR) is 134 cm³/mol. The van der Waals surface area contributed by atoms with Gasteiger partial charge < -0.3 is 20.3 Å². The number of likely N-dealkylation sites (tertiary alicyclic amines) is 1. The Labute approximate surface area is 200 Å². The lowest BCUT2D eigenvalue weighted by molar-refractivity contribution is 0.0633. The molecule has 0 bridgehead atoms. The molecule has 0 aliphatic carbocycles. The van der Waals surface area contributed by atoms with E-state index < -0.39 is 11.2 Å². The average molecular weight is 479 g/mol. The van der Waals surface area contributed by atoms with E-state index in [9.17, 15) is 9.00 Å². The number of hydrogen-bond acceptors (Lipinski definition) is 6. The molecule has 9 nitrogen and oxygen atoms in total. The molecule has 1 amide bonds. The maximum atomic E-state index is 13.3. The molecule has 0 aromatic heterocycles. The maximum Gasteiger partial charge on any atom is 0.253 e. The molecule has 3 heterocycles. The van der Waals surface area contributed by atoms with Crippen LogP contribution in [0.2, 0.25) is 0 Å². The Hall–Kier alpha value is -3.66. The Morgan fingerprint density at radius 3 is 3.00 bits per heavy atom. The minimum absolute atomic E-state index is 0.0242. The number of carbonyl (C=O) groups excluding carboxylic acids is 1. The fourth-order valence-electron chi connectivity index (χ4n) is 4.41. The molecule has 5 rings (SSSR count). The normalized spacial score (nSPS) is 21.5. The van der Waals surface area contributed by atoms with Crippen molar-refractivity contribution in [1.29, 1.82) is 0 Å². The second kappa shape index (κ2) is 9.68. The van der Waals surface area contributed by atoms with E-state index >= 15 is 0 Å². The molecular weight excluding hydrogens is 452 g/mol. The highest BCUT2D eigenvalue weighted by Crippen LogP contribution is 2.30. The van der Waals surface area contributed by atoms with Crippen LogP contribution in [0.1, 0.15) is 28.8 Å². The Kier molecular flexibility index (Phi) is 6.31. The van der Waals surface area contributed by atoms with Crippen molar-refractivity contribution in [2.45, 2.75) is 12.8 Å². The zero-order chi connectivity index (χ0) is 23.5. The number of anilines is 2. The van der Waals surface area contributed by atoms with Crippen LogP contribution < -0.4 is 20.1 Å². The van der Waals surface area contributed by atoms with Crippen molar-refractivity contribution in [1.82, 2.24) is 4.90 Å². The van der Waals surface area contributed by atoms with Gasteiger partial charge in [0.1, 0.15) is 11.6 Å². The lowest BCUT2D eigenvalue weighted by atomic mass is 9.98. The molecule has 176 valence electrons. The Morgan fingerprint density at radius 2 is 2.15 bits per heavy atom. The van der Waals surface area contributed by atoms with Crippen LogP contribution in [-0.2, 0) is 11.2 Å². The summed E-state index contributed by atoms with van der Waals surface area (Å²) in [5, 5.41) is 0. The summed E-state index contributed by atoms with van der Waals surface area (Å²) in [7, 11) is 0. The molecule has 3 N–H and O–H groups in total. The predicted octanol–water partition coefficient (Wildman–Crippen LogP) is 2.69. The summed E-state index contributed by atoms with van der Waals surface area (Å²) in [5.74, 6) is 1.00. The van der Waals surface area contributed by atoms with Gasteiger partial charge in [0.05, 0.1) is 24.2 Å². The van der Waals surface area contributed by atoms with E-state index in [1.807, 2.05) is 52.3 Å². The average Bonchev–Trinajstić information content (AvgIpc) is 2.87. The van der Waals surface area contributed by atoms with Crippen LogP contribution in [0.5, 0.6) is 5.75 Å². The van der Waals surface area contributed by atoms with Crippen LogP contribution in [0, 0.1) is 5.92 Å². The first kappa shape index (κ1) is 22.1. The number of amides is 1. The van der Waals surface area contributed by atoms with Gasteiger partial charge in [-0.05, 0) is 49.2 Å². The van der Waals surface area contributed by atoms with Crippen molar-refractivity contribution >= 4 is 40.6 Å². The number of carbonyl (C=O) groups is 1. The van der Waals surface area contributed by atoms with Gasteiger partial charge in [0.15, 0.2) is 0 Å². The van der Waals surface area contributed by atoms with Crippen molar-refractivity contribution in [2.75, 3.05) is 35.9 Å². The molecule has 10 heteroatoms. The van der Waals surface area contributed by atoms with E-state index in [0.717, 1.165) is 31.6 Å². The summed E-state index contributed by atoms with van der Waals surface area (Å²) < 4.78 is 24.5. The van der Waals surface area contributed by atoms with Crippen LogP contribution in [0.4, 0.5) is 11.4 Å². The van der Waals surface area contributed by atoms with Crippen molar-refractivity contribution in [3.8, 4) is 5.75 Å². The number of rotatable bonds is 5. The van der Waals surface area contributed by atoms with Gasteiger partial charge in [0.2, 0.25) is 11.2 Å². The number of ether oxygens (including phenoxy) is 1. The first-order chi connectivity index (χ1) is 16.6. The number of nitrogens with zero attached hydrogens (tertiary/aromatic N) is 4. The van der Waals surface area contributed by atoms with Crippen molar-refractivity contribution in [3.63, 3.8) is 0 Å². The Morgan fingerprint density at radius 1 is 1.26 bits per heavy atom. The number of benzene rings is 2. The zero-order valence-corrected chi connectivity index (χ0v) is 19.4. The van der Waals surface area contributed by atoms with Crippen LogP contribution in [0.3, 0.4) is 0 Å². The monoisotopic (exact) mass is 478 g/mol. The molecule has 3 aliphatic heterocycles. The smallest absolute Gasteiger partial charge is 0.253 e. The second-order valence-corrected chi connectivity index (χ2v) is 9.31. The molecule has 1 fully saturated rings. The van der Waals surface area contributed by atoms with E-state index in [2.05, 4.69) is 14.1 Å². The van der Waals surface area contributed by atoms with Gasteiger partial charge in [-0.15, -0.1) is 0 Å². The quantitative estimate of drug-likeness (QED) is 0.686. The minimum Gasteiger partial charge on any atom is -0.492 e. The number of piperidine rings is 1. The molecule has 2 aromatic rings. The van der Waals surface area contributed by atoms with Gasteiger partial charge in [-0.2, -0.15) is 4.40 Å². The van der Waals surface area contributed by atoms with Gasteiger partial charge in [0.25, 0.3) is 5.91 Å². The molecule has 0 spiro atoms. The van der Waals surface area contributed by atoms with E-state index in [1.165, 1.54) is 0 Å². The molecule has 0 radical (unpaired) electrons. The van der Waals surface area contributed by atoms with Crippen LogP contribution in [-0.4, -0.2) is 53.4 Å². The lowest BCUT2D eigenvalue weighted by Crippen LogP contribution is -2.41. The topological polar surface area (TPSA) is 113 Å². The van der Waals surface area contributed by atoms with Gasteiger partial charge in [0, 0.05) is 43.0 Å². The molecular formula is C24H26N6O3S. The fourth-order valence-corrected chi connectivity index (χ4v) is 5.08. The van der Waals surface area contributed by atoms with E-state index in [4.69, 9.17) is 10.5 Å². The number of fused-ring (bicyclic) bond motifs is 1. The van der Waals surface area contributed by atoms with Crippen LogP contribution >= 0.6 is 0 Å². The Bertz CT molecular complexity index is 1210. The summed E-state index contributed by atoms with van der Waals surface area (Å²) in [6, 6.07) is 13.1. The number of amidine groups is 1. The fraction of sp³-hybridized carbons (Fsp3) is 0.292.